The number of thiophene rings is 1. The van der Waals surface area contributed by atoms with Crippen LogP contribution in [-0.4, -0.2) is 50.8 Å². The molecule has 0 aliphatic carbocycles. The number of hydrogen-bond acceptors (Lipinski definition) is 4. The van der Waals surface area contributed by atoms with E-state index < -0.39 is 0 Å². The van der Waals surface area contributed by atoms with Crippen molar-refractivity contribution in [2.45, 2.75) is 25.3 Å². The average Bonchev–Trinajstić information content (AvgIpc) is 3.03. The molecule has 1 aliphatic rings. The van der Waals surface area contributed by atoms with Crippen LogP contribution in [0, 0.1) is 0 Å². The zero-order valence-corrected chi connectivity index (χ0v) is 12.0. The molecule has 0 bridgehead atoms. The lowest BCUT2D eigenvalue weighted by Crippen LogP contribution is -2.39. The maximum atomic E-state index is 5.05. The fourth-order valence-electron chi connectivity index (χ4n) is 2.57. The number of ether oxygens (including phenoxy) is 1. The van der Waals surface area contributed by atoms with Crippen molar-refractivity contribution in [2.75, 3.05) is 39.9 Å². The van der Waals surface area contributed by atoms with Gasteiger partial charge < -0.3 is 10.1 Å². The van der Waals surface area contributed by atoms with E-state index in [2.05, 4.69) is 27.0 Å². The summed E-state index contributed by atoms with van der Waals surface area (Å²) in [4.78, 5) is 2.64. The van der Waals surface area contributed by atoms with Crippen molar-refractivity contribution in [1.29, 1.82) is 0 Å². The molecule has 1 atom stereocenters. The fraction of sp³-hybridized carbons (Fsp3) is 0.714. The van der Waals surface area contributed by atoms with E-state index in [-0.39, 0.29) is 0 Å². The van der Waals surface area contributed by atoms with Gasteiger partial charge in [0.1, 0.15) is 0 Å². The summed E-state index contributed by atoms with van der Waals surface area (Å²) in [5.41, 5.74) is 1.48. The normalized spacial score (nSPS) is 20.6. The molecule has 1 unspecified atom stereocenters. The van der Waals surface area contributed by atoms with Gasteiger partial charge in [0, 0.05) is 32.8 Å². The monoisotopic (exact) mass is 268 g/mol. The van der Waals surface area contributed by atoms with Gasteiger partial charge in [0.25, 0.3) is 0 Å². The molecule has 1 N–H and O–H groups in total. The summed E-state index contributed by atoms with van der Waals surface area (Å²) >= 11 is 1.80. The topological polar surface area (TPSA) is 24.5 Å². The Labute approximate surface area is 114 Å². The summed E-state index contributed by atoms with van der Waals surface area (Å²) in [6.07, 6.45) is 3.88. The van der Waals surface area contributed by atoms with E-state index in [9.17, 15) is 0 Å². The van der Waals surface area contributed by atoms with E-state index in [1.165, 1.54) is 37.9 Å². The van der Waals surface area contributed by atoms with Gasteiger partial charge in [-0.2, -0.15) is 11.3 Å². The van der Waals surface area contributed by atoms with Crippen LogP contribution in [0.2, 0.25) is 0 Å². The van der Waals surface area contributed by atoms with Crippen LogP contribution in [0.5, 0.6) is 0 Å². The highest BCUT2D eigenvalue weighted by Crippen LogP contribution is 2.17. The van der Waals surface area contributed by atoms with Crippen LogP contribution < -0.4 is 5.32 Å². The van der Waals surface area contributed by atoms with Crippen LogP contribution in [0.25, 0.3) is 0 Å². The predicted molar refractivity (Wildman–Crippen MR) is 77.4 cm³/mol. The first-order valence-electron chi connectivity index (χ1n) is 6.85. The molecule has 0 saturated carbocycles. The van der Waals surface area contributed by atoms with E-state index >= 15 is 0 Å². The van der Waals surface area contributed by atoms with Crippen molar-refractivity contribution in [3.63, 3.8) is 0 Å². The molecule has 1 aromatic rings. The molecule has 0 aromatic carbocycles. The van der Waals surface area contributed by atoms with Crippen LogP contribution in [0.15, 0.2) is 16.8 Å². The molecule has 3 nitrogen and oxygen atoms in total. The SMILES string of the molecule is COCCNCC1CCCN1CCc1ccsc1. The minimum atomic E-state index is 0.723. The standard InChI is InChI=1S/C14H24N2OS/c1-17-9-6-15-11-14-3-2-7-16(14)8-4-13-5-10-18-12-13/h5,10,12,14-15H,2-4,6-9,11H2,1H3. The van der Waals surface area contributed by atoms with E-state index in [1.807, 2.05) is 0 Å². The molecular formula is C14H24N2OS. The third-order valence-electron chi connectivity index (χ3n) is 3.63. The van der Waals surface area contributed by atoms with Crippen molar-refractivity contribution in [3.05, 3.63) is 22.4 Å². The summed E-state index contributed by atoms with van der Waals surface area (Å²) in [5, 5.41) is 7.92. The number of methoxy groups -OCH3 is 1. The second-order valence-corrected chi connectivity index (χ2v) is 5.69. The van der Waals surface area contributed by atoms with Crippen LogP contribution in [-0.2, 0) is 11.2 Å². The first kappa shape index (κ1) is 14.0. The lowest BCUT2D eigenvalue weighted by Gasteiger charge is -2.24. The van der Waals surface area contributed by atoms with E-state index in [1.54, 1.807) is 18.4 Å². The predicted octanol–water partition coefficient (Wildman–Crippen LogP) is 1.99. The number of nitrogens with one attached hydrogen (secondary N) is 1. The lowest BCUT2D eigenvalue weighted by atomic mass is 10.2. The van der Waals surface area contributed by atoms with Gasteiger partial charge in [0.05, 0.1) is 6.61 Å². The zero-order valence-electron chi connectivity index (χ0n) is 11.2. The summed E-state index contributed by atoms with van der Waals surface area (Å²) in [5.74, 6) is 0. The number of likely N-dealkylation sites (tertiary alicyclic amines) is 1. The molecule has 1 fully saturated rings. The molecule has 102 valence electrons. The lowest BCUT2D eigenvalue weighted by molar-refractivity contribution is 0.192. The maximum absolute atomic E-state index is 5.05. The van der Waals surface area contributed by atoms with E-state index in [4.69, 9.17) is 4.74 Å². The van der Waals surface area contributed by atoms with Gasteiger partial charge in [-0.25, -0.2) is 0 Å². The smallest absolute Gasteiger partial charge is 0.0587 e. The van der Waals surface area contributed by atoms with Gasteiger partial charge in [-0.1, -0.05) is 0 Å². The number of rotatable bonds is 8. The van der Waals surface area contributed by atoms with Gasteiger partial charge in [-0.15, -0.1) is 0 Å². The Balaban J connectivity index is 1.67. The van der Waals surface area contributed by atoms with Crippen molar-refractivity contribution in [2.24, 2.45) is 0 Å². The molecule has 0 amide bonds. The fourth-order valence-corrected chi connectivity index (χ4v) is 3.27. The average molecular weight is 268 g/mol. The van der Waals surface area contributed by atoms with E-state index in [0.29, 0.717) is 0 Å². The van der Waals surface area contributed by atoms with Gasteiger partial charge >= 0.3 is 0 Å². The molecule has 1 aliphatic heterocycles. The Bertz CT molecular complexity index is 316. The first-order valence-corrected chi connectivity index (χ1v) is 7.79. The minimum Gasteiger partial charge on any atom is -0.383 e. The van der Waals surface area contributed by atoms with Crippen molar-refractivity contribution >= 4 is 11.3 Å². The Kier molecular flexibility index (Phi) is 6.14. The molecular weight excluding hydrogens is 244 g/mol. The Morgan fingerprint density at radius 3 is 3.28 bits per heavy atom. The molecule has 18 heavy (non-hydrogen) atoms. The maximum Gasteiger partial charge on any atom is 0.0587 e. The summed E-state index contributed by atoms with van der Waals surface area (Å²) in [6.45, 7) is 5.34. The summed E-state index contributed by atoms with van der Waals surface area (Å²) in [6, 6.07) is 2.97. The molecule has 2 rings (SSSR count). The second kappa shape index (κ2) is 7.89. The highest BCUT2D eigenvalue weighted by atomic mass is 32.1. The molecule has 0 spiro atoms. The van der Waals surface area contributed by atoms with Gasteiger partial charge in [-0.3, -0.25) is 4.90 Å². The van der Waals surface area contributed by atoms with Gasteiger partial charge in [0.15, 0.2) is 0 Å². The molecule has 4 heteroatoms. The van der Waals surface area contributed by atoms with Crippen LogP contribution >= 0.6 is 11.3 Å². The highest BCUT2D eigenvalue weighted by Gasteiger charge is 2.23. The van der Waals surface area contributed by atoms with Crippen LogP contribution in [0.4, 0.5) is 0 Å². The molecule has 0 radical (unpaired) electrons. The van der Waals surface area contributed by atoms with Crippen molar-refractivity contribution < 1.29 is 4.74 Å². The molecule has 1 saturated heterocycles. The minimum absolute atomic E-state index is 0.723. The second-order valence-electron chi connectivity index (χ2n) is 4.91. The third-order valence-corrected chi connectivity index (χ3v) is 4.36. The van der Waals surface area contributed by atoms with Gasteiger partial charge in [-0.05, 0) is 48.2 Å². The van der Waals surface area contributed by atoms with E-state index in [0.717, 1.165) is 25.7 Å². The zero-order chi connectivity index (χ0) is 12.6. The molecule has 1 aromatic heterocycles. The summed E-state index contributed by atoms with van der Waals surface area (Å²) in [7, 11) is 1.75. The highest BCUT2D eigenvalue weighted by molar-refractivity contribution is 7.07. The largest absolute Gasteiger partial charge is 0.383 e. The number of hydrogen-bond donors (Lipinski definition) is 1. The quantitative estimate of drug-likeness (QED) is 0.730. The number of nitrogens with zero attached hydrogens (tertiary/aromatic N) is 1. The van der Waals surface area contributed by atoms with Crippen molar-refractivity contribution in [1.82, 2.24) is 10.2 Å². The Morgan fingerprint density at radius 2 is 2.50 bits per heavy atom. The van der Waals surface area contributed by atoms with Crippen LogP contribution in [0.1, 0.15) is 18.4 Å². The Morgan fingerprint density at radius 1 is 1.56 bits per heavy atom. The van der Waals surface area contributed by atoms with Crippen LogP contribution in [0.3, 0.4) is 0 Å². The Hall–Kier alpha value is -0.420. The van der Waals surface area contributed by atoms with Gasteiger partial charge in [0.2, 0.25) is 0 Å². The molecule has 2 heterocycles. The summed E-state index contributed by atoms with van der Waals surface area (Å²) < 4.78 is 5.05. The van der Waals surface area contributed by atoms with Crippen molar-refractivity contribution in [3.8, 4) is 0 Å². The third kappa shape index (κ3) is 4.35. The first-order chi connectivity index (χ1) is 8.90.